The standard InChI is InChI=1S/C22H27N3O4S/c1-16-8-11-19(12-9-16)30(27,28)25(20-14-17(2)10-13-21(20)29-3)15-22(26)24-23-18-6-4-5-7-18/h8-14H,4-7,15H2,1-3H3,(H,24,26). The lowest BCUT2D eigenvalue weighted by molar-refractivity contribution is -0.119. The van der Waals surface area contributed by atoms with Crippen molar-refractivity contribution in [3.63, 3.8) is 0 Å². The molecular weight excluding hydrogens is 402 g/mol. The van der Waals surface area contributed by atoms with Crippen molar-refractivity contribution in [3.05, 3.63) is 53.6 Å². The van der Waals surface area contributed by atoms with Crippen molar-refractivity contribution in [2.24, 2.45) is 5.10 Å². The van der Waals surface area contributed by atoms with Crippen LogP contribution < -0.4 is 14.5 Å². The second kappa shape index (κ2) is 9.30. The van der Waals surface area contributed by atoms with Gasteiger partial charge in [-0.15, -0.1) is 0 Å². The van der Waals surface area contributed by atoms with Gasteiger partial charge in [0, 0.05) is 5.71 Å². The van der Waals surface area contributed by atoms with Crippen LogP contribution >= 0.6 is 0 Å². The molecule has 0 radical (unpaired) electrons. The third-order valence-corrected chi connectivity index (χ3v) is 6.79. The van der Waals surface area contributed by atoms with Crippen molar-refractivity contribution in [1.82, 2.24) is 5.43 Å². The van der Waals surface area contributed by atoms with Gasteiger partial charge in [0.1, 0.15) is 12.3 Å². The van der Waals surface area contributed by atoms with Gasteiger partial charge >= 0.3 is 0 Å². The first-order valence-electron chi connectivity index (χ1n) is 9.89. The molecule has 8 heteroatoms. The quantitative estimate of drug-likeness (QED) is 0.682. The number of ether oxygens (including phenoxy) is 1. The summed E-state index contributed by atoms with van der Waals surface area (Å²) in [6.45, 7) is 3.33. The van der Waals surface area contributed by atoms with Crippen LogP contribution in [0.4, 0.5) is 5.69 Å². The van der Waals surface area contributed by atoms with Crippen LogP contribution in [-0.4, -0.2) is 33.7 Å². The lowest BCUT2D eigenvalue weighted by atomic mass is 10.2. The molecule has 1 N–H and O–H groups in total. The van der Waals surface area contributed by atoms with E-state index in [1.807, 2.05) is 19.9 Å². The molecule has 2 aromatic carbocycles. The Morgan fingerprint density at radius 3 is 2.33 bits per heavy atom. The van der Waals surface area contributed by atoms with Gasteiger partial charge in [-0.3, -0.25) is 9.10 Å². The van der Waals surface area contributed by atoms with Gasteiger partial charge < -0.3 is 4.74 Å². The number of carbonyl (C=O) groups is 1. The molecule has 0 saturated heterocycles. The lowest BCUT2D eigenvalue weighted by Crippen LogP contribution is -2.40. The molecule has 1 aliphatic rings. The highest BCUT2D eigenvalue weighted by Crippen LogP contribution is 2.33. The first-order chi connectivity index (χ1) is 14.3. The number of hydrogen-bond acceptors (Lipinski definition) is 5. The summed E-state index contributed by atoms with van der Waals surface area (Å²) < 4.78 is 33.4. The highest BCUT2D eigenvalue weighted by Gasteiger charge is 2.29. The predicted molar refractivity (Wildman–Crippen MR) is 117 cm³/mol. The molecule has 0 aromatic heterocycles. The van der Waals surface area contributed by atoms with Gasteiger partial charge in [-0.25, -0.2) is 13.8 Å². The maximum atomic E-state index is 13.5. The number of aryl methyl sites for hydroxylation is 2. The van der Waals surface area contributed by atoms with Gasteiger partial charge in [-0.2, -0.15) is 5.10 Å². The van der Waals surface area contributed by atoms with Crippen LogP contribution in [0.1, 0.15) is 36.8 Å². The number of amides is 1. The molecule has 3 rings (SSSR count). The minimum absolute atomic E-state index is 0.103. The number of nitrogens with one attached hydrogen (secondary N) is 1. The van der Waals surface area contributed by atoms with E-state index in [0.717, 1.165) is 46.8 Å². The smallest absolute Gasteiger partial charge is 0.264 e. The molecule has 2 aromatic rings. The van der Waals surface area contributed by atoms with Gasteiger partial charge in [-0.1, -0.05) is 23.8 Å². The number of carbonyl (C=O) groups excluding carboxylic acids is 1. The third-order valence-electron chi connectivity index (χ3n) is 5.02. The predicted octanol–water partition coefficient (Wildman–Crippen LogP) is 3.55. The Bertz CT molecular complexity index is 1040. The normalized spacial score (nSPS) is 13.8. The van der Waals surface area contributed by atoms with Crippen molar-refractivity contribution >= 4 is 27.3 Å². The van der Waals surface area contributed by atoms with Crippen LogP contribution in [-0.2, 0) is 14.8 Å². The highest BCUT2D eigenvalue weighted by molar-refractivity contribution is 7.92. The van der Waals surface area contributed by atoms with E-state index in [2.05, 4.69) is 10.5 Å². The van der Waals surface area contributed by atoms with E-state index >= 15 is 0 Å². The second-order valence-corrected chi connectivity index (χ2v) is 9.28. The monoisotopic (exact) mass is 429 g/mol. The summed E-state index contributed by atoms with van der Waals surface area (Å²) in [6, 6.07) is 11.7. The zero-order valence-corrected chi connectivity index (χ0v) is 18.3. The van der Waals surface area contributed by atoms with Crippen LogP contribution in [0.15, 0.2) is 52.5 Å². The molecular formula is C22H27N3O4S. The molecule has 0 spiro atoms. The van der Waals surface area contributed by atoms with E-state index in [-0.39, 0.29) is 4.90 Å². The Hall–Kier alpha value is -2.87. The Kier molecular flexibility index (Phi) is 6.77. The second-order valence-electron chi connectivity index (χ2n) is 7.42. The third kappa shape index (κ3) is 4.99. The molecule has 1 aliphatic carbocycles. The SMILES string of the molecule is COc1ccc(C)cc1N(CC(=O)NN=C1CCCC1)S(=O)(=O)c1ccc(C)cc1. The molecule has 0 aliphatic heterocycles. The average Bonchev–Trinajstić information content (AvgIpc) is 3.24. The van der Waals surface area contributed by atoms with E-state index in [0.29, 0.717) is 11.4 Å². The lowest BCUT2D eigenvalue weighted by Gasteiger charge is -2.25. The Morgan fingerprint density at radius 1 is 1.07 bits per heavy atom. The van der Waals surface area contributed by atoms with E-state index in [1.165, 1.54) is 19.2 Å². The van der Waals surface area contributed by atoms with Gasteiger partial charge in [0.15, 0.2) is 0 Å². The Morgan fingerprint density at radius 2 is 1.70 bits per heavy atom. The number of benzene rings is 2. The fourth-order valence-corrected chi connectivity index (χ4v) is 4.76. The van der Waals surface area contributed by atoms with Crippen molar-refractivity contribution in [1.29, 1.82) is 0 Å². The zero-order valence-electron chi connectivity index (χ0n) is 17.5. The molecule has 160 valence electrons. The summed E-state index contributed by atoms with van der Waals surface area (Å²) in [7, 11) is -2.54. The average molecular weight is 430 g/mol. The van der Waals surface area contributed by atoms with Crippen LogP contribution in [0.5, 0.6) is 5.75 Å². The Labute approximate surface area is 177 Å². The van der Waals surface area contributed by atoms with E-state index < -0.39 is 22.5 Å². The summed E-state index contributed by atoms with van der Waals surface area (Å²) in [5.41, 5.74) is 5.55. The van der Waals surface area contributed by atoms with Crippen LogP contribution in [0.3, 0.4) is 0 Å². The summed E-state index contributed by atoms with van der Waals surface area (Å²) in [5.74, 6) is -0.139. The van der Waals surface area contributed by atoms with Crippen molar-refractivity contribution in [3.8, 4) is 5.75 Å². The fourth-order valence-electron chi connectivity index (χ4n) is 3.33. The number of anilines is 1. The van der Waals surface area contributed by atoms with Crippen LogP contribution in [0, 0.1) is 13.8 Å². The molecule has 1 fully saturated rings. The van der Waals surface area contributed by atoms with Crippen molar-refractivity contribution < 1.29 is 17.9 Å². The maximum absolute atomic E-state index is 13.5. The first kappa shape index (κ1) is 21.8. The number of hydrazone groups is 1. The van der Waals surface area contributed by atoms with Gasteiger partial charge in [0.05, 0.1) is 17.7 Å². The van der Waals surface area contributed by atoms with E-state index in [9.17, 15) is 13.2 Å². The number of hydrogen-bond donors (Lipinski definition) is 1. The number of nitrogens with zero attached hydrogens (tertiary/aromatic N) is 2. The van der Waals surface area contributed by atoms with E-state index in [1.54, 1.807) is 24.3 Å². The minimum atomic E-state index is -4.01. The van der Waals surface area contributed by atoms with Gasteiger partial charge in [-0.05, 0) is 69.4 Å². The maximum Gasteiger partial charge on any atom is 0.264 e. The molecule has 0 bridgehead atoms. The number of rotatable bonds is 7. The first-order valence-corrected chi connectivity index (χ1v) is 11.3. The van der Waals surface area contributed by atoms with Crippen LogP contribution in [0.2, 0.25) is 0 Å². The highest BCUT2D eigenvalue weighted by atomic mass is 32.2. The molecule has 1 amide bonds. The van der Waals surface area contributed by atoms with Gasteiger partial charge in [0.25, 0.3) is 15.9 Å². The molecule has 7 nitrogen and oxygen atoms in total. The fraction of sp³-hybridized carbons (Fsp3) is 0.364. The van der Waals surface area contributed by atoms with Gasteiger partial charge in [0.2, 0.25) is 0 Å². The summed E-state index contributed by atoms with van der Waals surface area (Å²) in [6.07, 6.45) is 3.83. The number of sulfonamides is 1. The molecule has 0 unspecified atom stereocenters. The van der Waals surface area contributed by atoms with E-state index in [4.69, 9.17) is 4.74 Å². The number of methoxy groups -OCH3 is 1. The molecule has 30 heavy (non-hydrogen) atoms. The van der Waals surface area contributed by atoms with Crippen molar-refractivity contribution in [2.75, 3.05) is 18.0 Å². The van der Waals surface area contributed by atoms with Crippen molar-refractivity contribution in [2.45, 2.75) is 44.4 Å². The molecule has 1 saturated carbocycles. The summed E-state index contributed by atoms with van der Waals surface area (Å²) >= 11 is 0. The topological polar surface area (TPSA) is 88.1 Å². The zero-order chi connectivity index (χ0) is 21.7. The molecule has 0 atom stereocenters. The summed E-state index contributed by atoms with van der Waals surface area (Å²) in [4.78, 5) is 12.7. The summed E-state index contributed by atoms with van der Waals surface area (Å²) in [5, 5.41) is 4.16. The largest absolute Gasteiger partial charge is 0.495 e. The van der Waals surface area contributed by atoms with Crippen LogP contribution in [0.25, 0.3) is 0 Å². The minimum Gasteiger partial charge on any atom is -0.495 e. The Balaban J connectivity index is 1.98. The molecule has 0 heterocycles.